The average Bonchev–Trinajstić information content (AvgIpc) is 2.43. The Morgan fingerprint density at radius 1 is 1.13 bits per heavy atom. The van der Waals surface area contributed by atoms with Gasteiger partial charge in [0.2, 0.25) is 0 Å². The topological polar surface area (TPSA) is 102 Å². The van der Waals surface area contributed by atoms with E-state index < -0.39 is 35.8 Å². The Balaban J connectivity index is 2.72. The van der Waals surface area contributed by atoms with Gasteiger partial charge in [-0.3, -0.25) is 0 Å². The van der Waals surface area contributed by atoms with Crippen LogP contribution in [0.1, 0.15) is 38.1 Å². The number of hydrogen-bond acceptors (Lipinski definition) is 5. The fraction of sp³-hybridized carbons (Fsp3) is 0.438. The van der Waals surface area contributed by atoms with Crippen molar-refractivity contribution in [3.8, 4) is 0 Å². The molecule has 1 amide bonds. The van der Waals surface area contributed by atoms with Gasteiger partial charge < -0.3 is 19.9 Å². The molecule has 0 saturated carbocycles. The van der Waals surface area contributed by atoms with Crippen molar-refractivity contribution in [2.24, 2.45) is 0 Å². The van der Waals surface area contributed by atoms with Gasteiger partial charge in [0.1, 0.15) is 11.7 Å². The third-order valence-corrected chi connectivity index (χ3v) is 2.71. The molecule has 0 saturated heterocycles. The van der Waals surface area contributed by atoms with Crippen molar-refractivity contribution < 1.29 is 29.0 Å². The van der Waals surface area contributed by atoms with Crippen LogP contribution in [0.4, 0.5) is 4.79 Å². The molecule has 0 spiro atoms. The number of rotatable bonds is 5. The van der Waals surface area contributed by atoms with Crippen LogP contribution >= 0.6 is 0 Å². The first-order chi connectivity index (χ1) is 10.6. The molecule has 0 aliphatic rings. The number of aliphatic carboxylic acids is 1. The summed E-state index contributed by atoms with van der Waals surface area (Å²) >= 11 is 0. The highest BCUT2D eigenvalue weighted by Gasteiger charge is 2.31. The largest absolute Gasteiger partial charge is 0.480 e. The molecule has 0 aliphatic carbocycles. The fourth-order valence-electron chi connectivity index (χ4n) is 1.69. The van der Waals surface area contributed by atoms with Gasteiger partial charge >= 0.3 is 18.0 Å². The van der Waals surface area contributed by atoms with E-state index >= 15 is 0 Å². The summed E-state index contributed by atoms with van der Waals surface area (Å²) in [5, 5.41) is 11.4. The van der Waals surface area contributed by atoms with Gasteiger partial charge in [-0.2, -0.15) is 0 Å². The molecule has 7 nitrogen and oxygen atoms in total. The van der Waals surface area contributed by atoms with Crippen LogP contribution < -0.4 is 5.32 Å². The van der Waals surface area contributed by atoms with Crippen molar-refractivity contribution >= 4 is 18.0 Å². The first-order valence-corrected chi connectivity index (χ1v) is 7.08. The lowest BCUT2D eigenvalue weighted by Gasteiger charge is -2.24. The van der Waals surface area contributed by atoms with Crippen LogP contribution in [0.3, 0.4) is 0 Å². The summed E-state index contributed by atoms with van der Waals surface area (Å²) in [6.45, 7) is 6.35. The molecule has 1 aromatic rings. The van der Waals surface area contributed by atoms with E-state index in [0.717, 1.165) is 0 Å². The minimum absolute atomic E-state index is 0.292. The number of nitrogens with one attached hydrogen (secondary N) is 1. The maximum atomic E-state index is 11.9. The third-order valence-electron chi connectivity index (χ3n) is 2.71. The molecule has 126 valence electrons. The first-order valence-electron chi connectivity index (χ1n) is 7.08. The summed E-state index contributed by atoms with van der Waals surface area (Å²) in [7, 11) is 0. The number of hydrogen-bond donors (Lipinski definition) is 2. The number of carboxylic acids is 1. The second-order valence-electron chi connectivity index (χ2n) is 5.94. The number of amides is 1. The van der Waals surface area contributed by atoms with Crippen LogP contribution in [0.25, 0.3) is 0 Å². The number of benzene rings is 1. The molecular formula is C16H21NO6. The van der Waals surface area contributed by atoms with Crippen LogP contribution in [-0.4, -0.2) is 40.9 Å². The van der Waals surface area contributed by atoms with E-state index in [0.29, 0.717) is 5.56 Å². The molecule has 0 radical (unpaired) electrons. The Kier molecular flexibility index (Phi) is 6.12. The number of alkyl carbamates (subject to hydrolysis) is 1. The minimum Gasteiger partial charge on any atom is -0.480 e. The molecule has 2 atom stereocenters. The van der Waals surface area contributed by atoms with Crippen molar-refractivity contribution in [2.75, 3.05) is 0 Å². The second kappa shape index (κ2) is 7.62. The Morgan fingerprint density at radius 3 is 2.17 bits per heavy atom. The Hall–Kier alpha value is -2.57. The molecule has 1 aromatic carbocycles. The normalized spacial score (nSPS) is 13.6. The molecule has 2 N–H and O–H groups in total. The molecule has 0 aliphatic heterocycles. The molecular weight excluding hydrogens is 302 g/mol. The Morgan fingerprint density at radius 2 is 1.70 bits per heavy atom. The number of ether oxygens (including phenoxy) is 2. The van der Waals surface area contributed by atoms with Gasteiger partial charge in [-0.1, -0.05) is 18.2 Å². The predicted molar refractivity (Wildman–Crippen MR) is 82.1 cm³/mol. The molecule has 0 heterocycles. The molecule has 7 heteroatoms. The van der Waals surface area contributed by atoms with Crippen molar-refractivity contribution in [3.63, 3.8) is 0 Å². The van der Waals surface area contributed by atoms with E-state index in [2.05, 4.69) is 5.32 Å². The maximum absolute atomic E-state index is 11.9. The smallest absolute Gasteiger partial charge is 0.408 e. The summed E-state index contributed by atoms with van der Waals surface area (Å²) < 4.78 is 10.1. The first kappa shape index (κ1) is 18.5. The fourth-order valence-corrected chi connectivity index (χ4v) is 1.69. The zero-order valence-corrected chi connectivity index (χ0v) is 13.5. The lowest BCUT2D eigenvalue weighted by Crippen LogP contribution is -2.50. The number of esters is 1. The molecule has 1 rings (SSSR count). The lowest BCUT2D eigenvalue weighted by molar-refractivity contribution is -0.142. The Bertz CT molecular complexity index is 564. The average molecular weight is 323 g/mol. The van der Waals surface area contributed by atoms with Crippen molar-refractivity contribution in [3.05, 3.63) is 35.9 Å². The standard InChI is InChI=1S/C16H21NO6/c1-10(22-14(20)11-8-6-5-7-9-11)12(13(18)19)17-15(21)23-16(2,3)4/h5-10,12H,1-4H3,(H,17,21)(H,18,19)/t10-,12+/m1/s1. The zero-order valence-electron chi connectivity index (χ0n) is 13.5. The maximum Gasteiger partial charge on any atom is 0.408 e. The van der Waals surface area contributed by atoms with E-state index in [4.69, 9.17) is 9.47 Å². The second-order valence-corrected chi connectivity index (χ2v) is 5.94. The van der Waals surface area contributed by atoms with Crippen LogP contribution in [0.5, 0.6) is 0 Å². The highest BCUT2D eigenvalue weighted by Crippen LogP contribution is 2.10. The lowest BCUT2D eigenvalue weighted by atomic mass is 10.1. The van der Waals surface area contributed by atoms with Gasteiger partial charge in [-0.25, -0.2) is 14.4 Å². The minimum atomic E-state index is -1.42. The van der Waals surface area contributed by atoms with E-state index in [1.54, 1.807) is 51.1 Å². The number of carbonyl (C=O) groups excluding carboxylic acids is 2. The van der Waals surface area contributed by atoms with Crippen molar-refractivity contribution in [2.45, 2.75) is 45.4 Å². The third kappa shape index (κ3) is 6.37. The zero-order chi connectivity index (χ0) is 17.6. The van der Waals surface area contributed by atoms with Crippen LogP contribution in [0.2, 0.25) is 0 Å². The molecule has 0 bridgehead atoms. The molecule has 23 heavy (non-hydrogen) atoms. The van der Waals surface area contributed by atoms with Crippen LogP contribution in [0, 0.1) is 0 Å². The van der Waals surface area contributed by atoms with E-state index in [1.807, 2.05) is 0 Å². The van der Waals surface area contributed by atoms with Crippen molar-refractivity contribution in [1.82, 2.24) is 5.32 Å². The van der Waals surface area contributed by atoms with Crippen molar-refractivity contribution in [1.29, 1.82) is 0 Å². The van der Waals surface area contributed by atoms with Gasteiger partial charge in [-0.15, -0.1) is 0 Å². The van der Waals surface area contributed by atoms with Gasteiger partial charge in [-0.05, 0) is 39.8 Å². The number of carboxylic acid groups (broad SMARTS) is 1. The van der Waals surface area contributed by atoms with E-state index in [1.165, 1.54) is 6.92 Å². The molecule has 0 aromatic heterocycles. The molecule has 0 fully saturated rings. The summed E-state index contributed by atoms with van der Waals surface area (Å²) in [5.41, 5.74) is -0.474. The quantitative estimate of drug-likeness (QED) is 0.806. The van der Waals surface area contributed by atoms with Crippen LogP contribution in [-0.2, 0) is 14.3 Å². The van der Waals surface area contributed by atoms with Gasteiger partial charge in [0.25, 0.3) is 0 Å². The van der Waals surface area contributed by atoms with Gasteiger partial charge in [0, 0.05) is 0 Å². The van der Waals surface area contributed by atoms with E-state index in [9.17, 15) is 19.5 Å². The summed E-state index contributed by atoms with van der Waals surface area (Å²) in [6.07, 6.45) is -1.97. The van der Waals surface area contributed by atoms with Gasteiger partial charge in [0.05, 0.1) is 5.56 Å². The summed E-state index contributed by atoms with van der Waals surface area (Å²) in [6, 6.07) is 6.74. The monoisotopic (exact) mass is 323 g/mol. The van der Waals surface area contributed by atoms with Gasteiger partial charge in [0.15, 0.2) is 6.04 Å². The van der Waals surface area contributed by atoms with E-state index in [-0.39, 0.29) is 0 Å². The van der Waals surface area contributed by atoms with Crippen LogP contribution in [0.15, 0.2) is 30.3 Å². The molecule has 0 unspecified atom stereocenters. The predicted octanol–water partition coefficient (Wildman–Crippen LogP) is 2.21. The highest BCUT2D eigenvalue weighted by molar-refractivity contribution is 5.90. The summed E-state index contributed by atoms with van der Waals surface area (Å²) in [5.74, 6) is -2.00. The SMILES string of the molecule is C[C@@H](OC(=O)c1ccccc1)[C@H](NC(=O)OC(C)(C)C)C(=O)O. The Labute approximate surface area is 134 Å². The summed E-state index contributed by atoms with van der Waals surface area (Å²) in [4.78, 5) is 34.9. The highest BCUT2D eigenvalue weighted by atomic mass is 16.6. The number of carbonyl (C=O) groups is 3.